The molecule has 0 radical (unpaired) electrons. The molecule has 2 heterocycles. The van der Waals surface area contributed by atoms with Crippen molar-refractivity contribution in [2.45, 2.75) is 37.6 Å². The molecule has 5 nitrogen and oxygen atoms in total. The molecule has 28 heavy (non-hydrogen) atoms. The van der Waals surface area contributed by atoms with Crippen molar-refractivity contribution in [1.29, 1.82) is 0 Å². The summed E-state index contributed by atoms with van der Waals surface area (Å²) in [4.78, 5) is 4.97. The molecule has 6 heteroatoms. The van der Waals surface area contributed by atoms with Crippen LogP contribution in [0.15, 0.2) is 59.5 Å². The number of nitrogens with one attached hydrogen (secondary N) is 1. The van der Waals surface area contributed by atoms with E-state index in [1.165, 1.54) is 11.1 Å². The Kier molecular flexibility index (Phi) is 5.33. The fraction of sp³-hybridized carbons (Fsp3) is 0.318. The first-order valence-corrected chi connectivity index (χ1v) is 11.2. The first kappa shape index (κ1) is 18.9. The van der Waals surface area contributed by atoms with Crippen molar-refractivity contribution in [2.24, 2.45) is 0 Å². The van der Waals surface area contributed by atoms with Crippen LogP contribution in [0.1, 0.15) is 30.4 Å². The number of pyridine rings is 1. The third kappa shape index (κ3) is 4.03. The van der Waals surface area contributed by atoms with E-state index in [-0.39, 0.29) is 0 Å². The molecule has 2 aromatic carbocycles. The Morgan fingerprint density at radius 1 is 0.964 bits per heavy atom. The number of piperidine rings is 1. The minimum atomic E-state index is -3.42. The molecule has 1 aromatic heterocycles. The first-order chi connectivity index (χ1) is 13.5. The van der Waals surface area contributed by atoms with Gasteiger partial charge in [0, 0.05) is 25.0 Å². The zero-order valence-electron chi connectivity index (χ0n) is 16.1. The molecule has 0 atom stereocenters. The van der Waals surface area contributed by atoms with E-state index >= 15 is 0 Å². The number of aryl methyl sites for hydroxylation is 1. The van der Waals surface area contributed by atoms with Gasteiger partial charge >= 0.3 is 0 Å². The van der Waals surface area contributed by atoms with E-state index in [9.17, 15) is 8.42 Å². The SMILES string of the molecule is Cc1ccc(CNc2ccc3cc(S(=O)(=O)N4CCCCC4)ccc3n2)cc1. The van der Waals surface area contributed by atoms with Crippen molar-refractivity contribution in [2.75, 3.05) is 18.4 Å². The number of aromatic nitrogens is 1. The molecule has 1 N–H and O–H groups in total. The summed E-state index contributed by atoms with van der Waals surface area (Å²) in [5, 5.41) is 4.16. The standard InChI is InChI=1S/C22H25N3O2S/c1-17-5-7-18(8-6-17)16-23-22-12-9-19-15-20(10-11-21(19)24-22)28(26,27)25-13-3-2-4-14-25/h5-12,15H,2-4,13-14,16H2,1H3,(H,23,24). The highest BCUT2D eigenvalue weighted by Crippen LogP contribution is 2.24. The number of hydrogen-bond donors (Lipinski definition) is 1. The lowest BCUT2D eigenvalue weighted by Gasteiger charge is -2.25. The Labute approximate surface area is 166 Å². The molecular weight excluding hydrogens is 370 g/mol. The van der Waals surface area contributed by atoms with Gasteiger partial charge in [-0.05, 0) is 55.7 Å². The van der Waals surface area contributed by atoms with Crippen LogP contribution in [0, 0.1) is 6.92 Å². The molecular formula is C22H25N3O2S. The summed E-state index contributed by atoms with van der Waals surface area (Å²) in [5.41, 5.74) is 3.21. The topological polar surface area (TPSA) is 62.3 Å². The molecule has 1 fully saturated rings. The van der Waals surface area contributed by atoms with E-state index in [2.05, 4.69) is 41.5 Å². The van der Waals surface area contributed by atoms with Crippen LogP contribution in [0.25, 0.3) is 10.9 Å². The highest BCUT2D eigenvalue weighted by molar-refractivity contribution is 7.89. The summed E-state index contributed by atoms with van der Waals surface area (Å²) in [6.07, 6.45) is 2.97. The lowest BCUT2D eigenvalue weighted by atomic mass is 10.1. The van der Waals surface area contributed by atoms with Crippen molar-refractivity contribution in [3.63, 3.8) is 0 Å². The van der Waals surface area contributed by atoms with Crippen LogP contribution in [0.3, 0.4) is 0 Å². The highest BCUT2D eigenvalue weighted by Gasteiger charge is 2.26. The molecule has 0 unspecified atom stereocenters. The zero-order chi connectivity index (χ0) is 19.6. The Balaban J connectivity index is 1.53. The smallest absolute Gasteiger partial charge is 0.243 e. The molecule has 146 valence electrons. The summed E-state index contributed by atoms with van der Waals surface area (Å²) in [7, 11) is -3.42. The van der Waals surface area contributed by atoms with Crippen molar-refractivity contribution in [1.82, 2.24) is 9.29 Å². The van der Waals surface area contributed by atoms with Gasteiger partial charge in [0.25, 0.3) is 0 Å². The molecule has 0 spiro atoms. The quantitative estimate of drug-likeness (QED) is 0.698. The van der Waals surface area contributed by atoms with E-state index in [1.807, 2.05) is 12.1 Å². The molecule has 4 rings (SSSR count). The molecule has 0 saturated carbocycles. The Bertz CT molecular complexity index is 1070. The van der Waals surface area contributed by atoms with E-state index < -0.39 is 10.0 Å². The van der Waals surface area contributed by atoms with Crippen LogP contribution in [0.5, 0.6) is 0 Å². The molecule has 0 bridgehead atoms. The summed E-state index contributed by atoms with van der Waals surface area (Å²) in [6.45, 7) is 3.99. The number of hydrogen-bond acceptors (Lipinski definition) is 4. The predicted molar refractivity (Wildman–Crippen MR) is 113 cm³/mol. The van der Waals surface area contributed by atoms with Gasteiger partial charge in [0.1, 0.15) is 5.82 Å². The van der Waals surface area contributed by atoms with Crippen molar-refractivity contribution < 1.29 is 8.42 Å². The third-order valence-corrected chi connectivity index (χ3v) is 7.10. The van der Waals surface area contributed by atoms with Crippen molar-refractivity contribution in [3.05, 3.63) is 65.7 Å². The van der Waals surface area contributed by atoms with Crippen molar-refractivity contribution >= 4 is 26.7 Å². The first-order valence-electron chi connectivity index (χ1n) is 9.73. The van der Waals surface area contributed by atoms with Gasteiger partial charge in [-0.1, -0.05) is 36.2 Å². The van der Waals surface area contributed by atoms with Gasteiger partial charge in [0.15, 0.2) is 0 Å². The molecule has 1 aliphatic heterocycles. The fourth-order valence-electron chi connectivity index (χ4n) is 3.52. The number of anilines is 1. The third-order valence-electron chi connectivity index (χ3n) is 5.21. The fourth-order valence-corrected chi connectivity index (χ4v) is 5.07. The van der Waals surface area contributed by atoms with Crippen molar-refractivity contribution in [3.8, 4) is 0 Å². The monoisotopic (exact) mass is 395 g/mol. The van der Waals surface area contributed by atoms with Gasteiger partial charge in [-0.3, -0.25) is 0 Å². The van der Waals surface area contributed by atoms with Gasteiger partial charge in [-0.2, -0.15) is 4.31 Å². The maximum atomic E-state index is 12.9. The second kappa shape index (κ2) is 7.89. The zero-order valence-corrected chi connectivity index (χ0v) is 16.9. The number of nitrogens with zero attached hydrogens (tertiary/aromatic N) is 2. The summed E-state index contributed by atoms with van der Waals surface area (Å²) >= 11 is 0. The average Bonchev–Trinajstić information content (AvgIpc) is 2.73. The molecule has 0 amide bonds. The number of rotatable bonds is 5. The summed E-state index contributed by atoms with van der Waals surface area (Å²) in [6, 6.07) is 17.4. The lowest BCUT2D eigenvalue weighted by Crippen LogP contribution is -2.35. The lowest BCUT2D eigenvalue weighted by molar-refractivity contribution is 0.346. The maximum Gasteiger partial charge on any atom is 0.243 e. The molecule has 3 aromatic rings. The highest BCUT2D eigenvalue weighted by atomic mass is 32.2. The van der Waals surface area contributed by atoms with Gasteiger partial charge in [-0.15, -0.1) is 0 Å². The van der Waals surface area contributed by atoms with E-state index in [0.29, 0.717) is 24.5 Å². The van der Waals surface area contributed by atoms with Crippen LogP contribution in [0.4, 0.5) is 5.82 Å². The Hall–Kier alpha value is -2.44. The van der Waals surface area contributed by atoms with Crippen LogP contribution in [-0.2, 0) is 16.6 Å². The number of benzene rings is 2. The normalized spacial score (nSPS) is 15.6. The van der Waals surface area contributed by atoms with Gasteiger partial charge in [0.2, 0.25) is 10.0 Å². The molecule has 1 saturated heterocycles. The van der Waals surface area contributed by atoms with Crippen LogP contribution >= 0.6 is 0 Å². The largest absolute Gasteiger partial charge is 0.366 e. The predicted octanol–water partition coefficient (Wildman–Crippen LogP) is 4.33. The average molecular weight is 396 g/mol. The van der Waals surface area contributed by atoms with Crippen LogP contribution in [-0.4, -0.2) is 30.8 Å². The van der Waals surface area contributed by atoms with Gasteiger partial charge in [0.05, 0.1) is 10.4 Å². The Morgan fingerprint density at radius 2 is 1.71 bits per heavy atom. The Morgan fingerprint density at radius 3 is 2.46 bits per heavy atom. The molecule has 0 aliphatic carbocycles. The van der Waals surface area contributed by atoms with E-state index in [0.717, 1.165) is 36.0 Å². The summed E-state index contributed by atoms with van der Waals surface area (Å²) < 4.78 is 27.3. The summed E-state index contributed by atoms with van der Waals surface area (Å²) in [5.74, 6) is 0.778. The van der Waals surface area contributed by atoms with Crippen LogP contribution in [0.2, 0.25) is 0 Å². The second-order valence-electron chi connectivity index (χ2n) is 7.35. The molecule has 1 aliphatic rings. The second-order valence-corrected chi connectivity index (χ2v) is 9.29. The maximum absolute atomic E-state index is 12.9. The van der Waals surface area contributed by atoms with E-state index in [4.69, 9.17) is 0 Å². The van der Waals surface area contributed by atoms with Gasteiger partial charge in [-0.25, -0.2) is 13.4 Å². The number of fused-ring (bicyclic) bond motifs is 1. The van der Waals surface area contributed by atoms with Crippen LogP contribution < -0.4 is 5.32 Å². The minimum Gasteiger partial charge on any atom is -0.366 e. The number of sulfonamides is 1. The van der Waals surface area contributed by atoms with E-state index in [1.54, 1.807) is 22.5 Å². The van der Waals surface area contributed by atoms with Gasteiger partial charge < -0.3 is 5.32 Å². The minimum absolute atomic E-state index is 0.351.